The molecule has 184 valence electrons. The zero-order valence-corrected chi connectivity index (χ0v) is 20.3. The molecule has 0 fully saturated rings. The lowest BCUT2D eigenvalue weighted by molar-refractivity contribution is 0.100. The third-order valence-electron chi connectivity index (χ3n) is 5.00. The van der Waals surface area contributed by atoms with Crippen LogP contribution >= 0.6 is 0 Å². The normalized spacial score (nSPS) is 11.7. The number of ketones is 1. The summed E-state index contributed by atoms with van der Waals surface area (Å²) in [7, 11) is -9.65. The van der Waals surface area contributed by atoms with E-state index in [1.807, 2.05) is 0 Å². The number of benzene rings is 3. The minimum atomic E-state index is -4.88. The van der Waals surface area contributed by atoms with Crippen LogP contribution in [-0.2, 0) is 20.2 Å². The van der Waals surface area contributed by atoms with Crippen molar-refractivity contribution >= 4 is 43.3 Å². The van der Waals surface area contributed by atoms with Crippen molar-refractivity contribution in [3.05, 3.63) is 71.8 Å². The number of hydrogen-bond donors (Lipinski definition) is 4. The summed E-state index contributed by atoms with van der Waals surface area (Å²) in [5.74, 6) is -0.782. The lowest BCUT2D eigenvalue weighted by atomic mass is 10.0. The van der Waals surface area contributed by atoms with Crippen LogP contribution in [0.25, 0.3) is 11.1 Å². The minimum Gasteiger partial charge on any atom is -0.385 e. The molecule has 35 heavy (non-hydrogen) atoms. The van der Waals surface area contributed by atoms with E-state index in [-0.39, 0.29) is 28.2 Å². The van der Waals surface area contributed by atoms with Crippen molar-refractivity contribution in [1.82, 2.24) is 0 Å². The fourth-order valence-corrected chi connectivity index (χ4v) is 4.83. The van der Waals surface area contributed by atoms with Crippen molar-refractivity contribution in [2.24, 2.45) is 0 Å². The van der Waals surface area contributed by atoms with E-state index < -0.39 is 35.9 Å². The molecule has 3 aromatic rings. The van der Waals surface area contributed by atoms with Gasteiger partial charge < -0.3 is 10.6 Å². The van der Waals surface area contributed by atoms with Crippen LogP contribution in [-0.4, -0.2) is 44.2 Å². The molecule has 0 bridgehead atoms. The monoisotopic (exact) mass is 518 g/mol. The maximum Gasteiger partial charge on any atom is 0.295 e. The number of Topliss-reactive ketones (excluding diaryl/α,β-unsaturated/α-hetero) is 1. The van der Waals surface area contributed by atoms with Gasteiger partial charge in [0.1, 0.15) is 9.79 Å². The molecule has 0 aliphatic heterocycles. The molecule has 3 aromatic carbocycles. The average Bonchev–Trinajstić information content (AvgIpc) is 2.78. The first-order valence-corrected chi connectivity index (χ1v) is 13.1. The molecule has 12 heteroatoms. The molecule has 0 heterocycles. The Morgan fingerprint density at radius 2 is 1.20 bits per heavy atom. The number of carbonyl (C=O) groups excluding carboxylic acids is 2. The summed E-state index contributed by atoms with van der Waals surface area (Å²) in [4.78, 5) is 22.7. The first kappa shape index (κ1) is 26.0. The third kappa shape index (κ3) is 6.11. The first-order valence-electron chi connectivity index (χ1n) is 10.2. The van der Waals surface area contributed by atoms with Gasteiger partial charge in [-0.25, -0.2) is 0 Å². The molecule has 0 saturated heterocycles. The van der Waals surface area contributed by atoms with Gasteiger partial charge in [0.2, 0.25) is 0 Å². The summed E-state index contributed by atoms with van der Waals surface area (Å²) in [6.45, 7) is 3.63. The second-order valence-electron chi connectivity index (χ2n) is 7.49. The van der Waals surface area contributed by atoms with E-state index in [0.717, 1.165) is 12.1 Å². The summed E-state index contributed by atoms with van der Waals surface area (Å²) in [5.41, 5.74) is 0.609. The smallest absolute Gasteiger partial charge is 0.295 e. The van der Waals surface area contributed by atoms with Crippen molar-refractivity contribution in [1.29, 1.82) is 0 Å². The standard InChI is InChI=1S/C23H22N2O8S2/c1-3-24-17-8-10-19(21(12-17)34(28,29)30)20-11-9-18(13-22(20)35(31,32)33)25-23(27)16-6-4-15(5-7-16)14(2)26/h4-13,24H,3H2,1-2H3,(H,25,27)(H,28,29,30)(H,31,32,33). The molecule has 4 N–H and O–H groups in total. The van der Waals surface area contributed by atoms with Gasteiger partial charge in [-0.15, -0.1) is 0 Å². The van der Waals surface area contributed by atoms with Crippen molar-refractivity contribution in [3.8, 4) is 11.1 Å². The van der Waals surface area contributed by atoms with E-state index in [2.05, 4.69) is 10.6 Å². The summed E-state index contributed by atoms with van der Waals surface area (Å²) in [6, 6.07) is 13.2. The molecular weight excluding hydrogens is 496 g/mol. The molecule has 1 amide bonds. The van der Waals surface area contributed by atoms with E-state index in [1.54, 1.807) is 6.92 Å². The molecule has 3 rings (SSSR count). The van der Waals surface area contributed by atoms with Gasteiger partial charge in [0.15, 0.2) is 5.78 Å². The summed E-state index contributed by atoms with van der Waals surface area (Å²) in [5, 5.41) is 5.38. The van der Waals surface area contributed by atoms with Crippen molar-refractivity contribution in [2.45, 2.75) is 23.6 Å². The first-order chi connectivity index (χ1) is 16.3. The van der Waals surface area contributed by atoms with Crippen molar-refractivity contribution in [2.75, 3.05) is 17.2 Å². The Morgan fingerprint density at radius 1 is 0.743 bits per heavy atom. The maximum atomic E-state index is 12.6. The lowest BCUT2D eigenvalue weighted by Crippen LogP contribution is -2.13. The Hall–Kier alpha value is -3.58. The number of anilines is 2. The predicted molar refractivity (Wildman–Crippen MR) is 130 cm³/mol. The summed E-state index contributed by atoms with van der Waals surface area (Å²) < 4.78 is 67.9. The van der Waals surface area contributed by atoms with Gasteiger partial charge in [-0.2, -0.15) is 16.8 Å². The van der Waals surface area contributed by atoms with E-state index in [0.29, 0.717) is 17.8 Å². The van der Waals surface area contributed by atoms with Gasteiger partial charge in [-0.3, -0.25) is 18.7 Å². The Balaban J connectivity index is 2.07. The van der Waals surface area contributed by atoms with Gasteiger partial charge >= 0.3 is 0 Å². The number of amides is 1. The van der Waals surface area contributed by atoms with Crippen LogP contribution in [0.1, 0.15) is 34.6 Å². The molecule has 0 aromatic heterocycles. The fourth-order valence-electron chi connectivity index (χ4n) is 3.37. The molecule has 10 nitrogen and oxygen atoms in total. The molecule has 0 atom stereocenters. The van der Waals surface area contributed by atoms with Crippen molar-refractivity contribution in [3.63, 3.8) is 0 Å². The molecular formula is C23H22N2O8S2. The van der Waals surface area contributed by atoms with Crippen LogP contribution in [0.15, 0.2) is 70.5 Å². The van der Waals surface area contributed by atoms with Crippen LogP contribution < -0.4 is 10.6 Å². The highest BCUT2D eigenvalue weighted by atomic mass is 32.2. The topological polar surface area (TPSA) is 167 Å². The fraction of sp³-hybridized carbons (Fsp3) is 0.130. The SMILES string of the molecule is CCNc1ccc(-c2ccc(NC(=O)c3ccc(C(C)=O)cc3)cc2S(=O)(=O)O)c(S(=O)(=O)O)c1. The van der Waals surface area contributed by atoms with E-state index >= 15 is 0 Å². The maximum absolute atomic E-state index is 12.6. The van der Waals surface area contributed by atoms with Gasteiger partial charge in [0.25, 0.3) is 26.1 Å². The lowest BCUT2D eigenvalue weighted by Gasteiger charge is -2.15. The van der Waals surface area contributed by atoms with Crippen LogP contribution in [0.5, 0.6) is 0 Å². The molecule has 0 aliphatic rings. The number of nitrogens with one attached hydrogen (secondary N) is 2. The van der Waals surface area contributed by atoms with E-state index in [4.69, 9.17) is 0 Å². The highest BCUT2D eigenvalue weighted by Crippen LogP contribution is 2.35. The zero-order chi connectivity index (χ0) is 26.0. The van der Waals surface area contributed by atoms with Gasteiger partial charge in [-0.1, -0.05) is 24.3 Å². The van der Waals surface area contributed by atoms with Crippen LogP contribution in [0.4, 0.5) is 11.4 Å². The minimum absolute atomic E-state index is 0.000283. The summed E-state index contributed by atoms with van der Waals surface area (Å²) in [6.07, 6.45) is 0. The highest BCUT2D eigenvalue weighted by molar-refractivity contribution is 7.86. The Kier molecular flexibility index (Phi) is 7.41. The molecule has 0 radical (unpaired) electrons. The largest absolute Gasteiger partial charge is 0.385 e. The number of hydrogen-bond acceptors (Lipinski definition) is 7. The van der Waals surface area contributed by atoms with E-state index in [1.165, 1.54) is 55.5 Å². The van der Waals surface area contributed by atoms with Gasteiger partial charge in [-0.05, 0) is 50.2 Å². The number of carbonyl (C=O) groups is 2. The molecule has 0 spiro atoms. The predicted octanol–water partition coefficient (Wildman–Crippen LogP) is 3.73. The van der Waals surface area contributed by atoms with Crippen LogP contribution in [0, 0.1) is 0 Å². The van der Waals surface area contributed by atoms with Gasteiger partial charge in [0.05, 0.1) is 0 Å². The van der Waals surface area contributed by atoms with E-state index in [9.17, 15) is 35.5 Å². The Bertz CT molecular complexity index is 1510. The molecule has 0 aliphatic carbocycles. The third-order valence-corrected chi connectivity index (χ3v) is 6.79. The van der Waals surface area contributed by atoms with Crippen LogP contribution in [0.2, 0.25) is 0 Å². The Labute approximate surface area is 202 Å². The second-order valence-corrected chi connectivity index (χ2v) is 10.3. The average molecular weight is 519 g/mol. The van der Waals surface area contributed by atoms with Crippen molar-refractivity contribution < 1.29 is 35.5 Å². The van der Waals surface area contributed by atoms with Gasteiger partial charge in [0, 0.05) is 40.2 Å². The molecule has 0 saturated carbocycles. The highest BCUT2D eigenvalue weighted by Gasteiger charge is 2.24. The number of rotatable bonds is 8. The quantitative estimate of drug-likeness (QED) is 0.256. The van der Waals surface area contributed by atoms with Crippen LogP contribution in [0.3, 0.4) is 0 Å². The summed E-state index contributed by atoms with van der Waals surface area (Å²) >= 11 is 0. The zero-order valence-electron chi connectivity index (χ0n) is 18.6. The Morgan fingerprint density at radius 3 is 1.66 bits per heavy atom. The molecule has 0 unspecified atom stereocenters. The second kappa shape index (κ2) is 9.96.